The molecule has 78 valence electrons. The van der Waals surface area contributed by atoms with Gasteiger partial charge in [-0.15, -0.1) is 0 Å². The van der Waals surface area contributed by atoms with Gasteiger partial charge in [-0.1, -0.05) is 12.1 Å². The van der Waals surface area contributed by atoms with Crippen LogP contribution in [-0.2, 0) is 11.3 Å². The summed E-state index contributed by atoms with van der Waals surface area (Å²) in [5.41, 5.74) is 1.53. The van der Waals surface area contributed by atoms with Crippen LogP contribution in [0.25, 0.3) is 0 Å². The lowest BCUT2D eigenvalue weighted by Gasteiger charge is -2.01. The van der Waals surface area contributed by atoms with Crippen molar-refractivity contribution in [3.63, 3.8) is 0 Å². The second kappa shape index (κ2) is 6.06. The maximum atomic E-state index is 11.3. The molecule has 0 radical (unpaired) electrons. The van der Waals surface area contributed by atoms with Gasteiger partial charge in [0.2, 0.25) is 0 Å². The van der Waals surface area contributed by atoms with E-state index in [1.165, 1.54) is 0 Å². The van der Waals surface area contributed by atoms with E-state index in [4.69, 9.17) is 4.74 Å². The highest BCUT2D eigenvalue weighted by Gasteiger charge is 2.04. The summed E-state index contributed by atoms with van der Waals surface area (Å²) in [5, 5.41) is 2.29. The minimum atomic E-state index is -0.303. The van der Waals surface area contributed by atoms with E-state index in [2.05, 4.69) is 22.4 Å². The van der Waals surface area contributed by atoms with E-state index in [0.29, 0.717) is 18.7 Å². The van der Waals surface area contributed by atoms with Crippen LogP contribution in [0.15, 0.2) is 29.3 Å². The molecule has 1 aromatic carbocycles. The van der Waals surface area contributed by atoms with Crippen LogP contribution >= 0.6 is 12.2 Å². The van der Waals surface area contributed by atoms with Crippen LogP contribution in [0.1, 0.15) is 22.8 Å². The maximum absolute atomic E-state index is 11.3. The second-order valence-electron chi connectivity index (χ2n) is 2.82. The van der Waals surface area contributed by atoms with Gasteiger partial charge in [-0.3, -0.25) is 0 Å². The molecule has 0 saturated heterocycles. The van der Waals surface area contributed by atoms with Gasteiger partial charge < -0.3 is 4.74 Å². The molecular weight excluding hydrogens is 210 g/mol. The fourth-order valence-electron chi connectivity index (χ4n) is 1.08. The number of ether oxygens (including phenoxy) is 1. The van der Waals surface area contributed by atoms with E-state index in [-0.39, 0.29) is 5.97 Å². The van der Waals surface area contributed by atoms with Crippen molar-refractivity contribution in [3.8, 4) is 0 Å². The molecule has 0 unspecified atom stereocenters. The summed E-state index contributed by atoms with van der Waals surface area (Å²) in [4.78, 5) is 15.1. The van der Waals surface area contributed by atoms with Crippen LogP contribution < -0.4 is 0 Å². The first-order chi connectivity index (χ1) is 7.27. The molecule has 0 aliphatic heterocycles. The van der Waals surface area contributed by atoms with Crippen molar-refractivity contribution in [1.82, 2.24) is 0 Å². The summed E-state index contributed by atoms with van der Waals surface area (Å²) in [6.45, 7) is 2.66. The molecule has 0 aromatic heterocycles. The lowest BCUT2D eigenvalue weighted by atomic mass is 10.1. The van der Waals surface area contributed by atoms with Gasteiger partial charge in [0.1, 0.15) is 0 Å². The zero-order chi connectivity index (χ0) is 11.1. The number of esters is 1. The minimum absolute atomic E-state index is 0.303. The van der Waals surface area contributed by atoms with Gasteiger partial charge in [-0.2, -0.15) is 0 Å². The highest BCUT2D eigenvalue weighted by molar-refractivity contribution is 7.78. The molecule has 1 aromatic rings. The number of hydrogen-bond acceptors (Lipinski definition) is 4. The normalized spacial score (nSPS) is 9.13. The molecule has 3 nitrogen and oxygen atoms in total. The smallest absolute Gasteiger partial charge is 0.338 e. The van der Waals surface area contributed by atoms with Gasteiger partial charge in [-0.05, 0) is 36.8 Å². The molecule has 0 aliphatic carbocycles. The Balaban J connectivity index is 2.71. The van der Waals surface area contributed by atoms with Crippen molar-refractivity contribution in [1.29, 1.82) is 0 Å². The highest BCUT2D eigenvalue weighted by atomic mass is 32.1. The highest BCUT2D eigenvalue weighted by Crippen LogP contribution is 2.06. The van der Waals surface area contributed by atoms with Crippen molar-refractivity contribution < 1.29 is 9.53 Å². The lowest BCUT2D eigenvalue weighted by molar-refractivity contribution is 0.0526. The molecule has 4 heteroatoms. The molecule has 0 saturated carbocycles. The van der Waals surface area contributed by atoms with Gasteiger partial charge in [0.25, 0.3) is 0 Å². The quantitative estimate of drug-likeness (QED) is 0.445. The van der Waals surface area contributed by atoms with Gasteiger partial charge in [0.05, 0.1) is 23.9 Å². The van der Waals surface area contributed by atoms with Gasteiger partial charge in [0.15, 0.2) is 0 Å². The van der Waals surface area contributed by atoms with Gasteiger partial charge >= 0.3 is 5.97 Å². The summed E-state index contributed by atoms with van der Waals surface area (Å²) in [6.07, 6.45) is 0. The zero-order valence-electron chi connectivity index (χ0n) is 8.40. The van der Waals surface area contributed by atoms with Crippen LogP contribution in [0, 0.1) is 0 Å². The summed E-state index contributed by atoms with van der Waals surface area (Å²) >= 11 is 4.46. The average Bonchev–Trinajstić information content (AvgIpc) is 2.27. The number of aliphatic imine (C=N–C) groups is 1. The summed E-state index contributed by atoms with van der Waals surface area (Å²) < 4.78 is 4.86. The first-order valence-electron chi connectivity index (χ1n) is 4.57. The Hall–Kier alpha value is -1.51. The van der Waals surface area contributed by atoms with E-state index < -0.39 is 0 Å². The molecular formula is C11H11NO2S. The van der Waals surface area contributed by atoms with Crippen molar-refractivity contribution in [2.75, 3.05) is 6.61 Å². The van der Waals surface area contributed by atoms with Crippen LogP contribution in [0.2, 0.25) is 0 Å². The molecule has 0 spiro atoms. The fourth-order valence-corrected chi connectivity index (χ4v) is 1.15. The van der Waals surface area contributed by atoms with Crippen LogP contribution in [-0.4, -0.2) is 17.7 Å². The number of rotatable bonds is 4. The Morgan fingerprint density at radius 2 is 2.13 bits per heavy atom. The van der Waals surface area contributed by atoms with Crippen molar-refractivity contribution >= 4 is 23.3 Å². The third kappa shape index (κ3) is 3.62. The summed E-state index contributed by atoms with van der Waals surface area (Å²) in [7, 11) is 0. The molecule has 15 heavy (non-hydrogen) atoms. The number of nitrogens with zero attached hydrogens (tertiary/aromatic N) is 1. The Morgan fingerprint density at radius 3 is 2.67 bits per heavy atom. The van der Waals surface area contributed by atoms with E-state index in [0.717, 1.165) is 5.56 Å². The number of carbonyl (C=O) groups is 1. The molecule has 0 fully saturated rings. The van der Waals surface area contributed by atoms with E-state index in [1.54, 1.807) is 19.1 Å². The average molecular weight is 221 g/mol. The van der Waals surface area contributed by atoms with Gasteiger partial charge in [0, 0.05) is 0 Å². The van der Waals surface area contributed by atoms with Crippen molar-refractivity contribution in [3.05, 3.63) is 35.4 Å². The first kappa shape index (κ1) is 11.6. The Morgan fingerprint density at radius 1 is 1.47 bits per heavy atom. The SMILES string of the molecule is CCOC(=O)c1ccc(CN=C=S)cc1. The Bertz CT molecular complexity index is 380. The molecule has 0 amide bonds. The van der Waals surface area contributed by atoms with Gasteiger partial charge in [-0.25, -0.2) is 9.79 Å². The third-order valence-electron chi connectivity index (χ3n) is 1.79. The molecule has 0 atom stereocenters. The Labute approximate surface area is 93.8 Å². The molecule has 0 bridgehead atoms. The largest absolute Gasteiger partial charge is 0.462 e. The Kier molecular flexibility index (Phi) is 4.68. The van der Waals surface area contributed by atoms with E-state index in [9.17, 15) is 4.79 Å². The van der Waals surface area contributed by atoms with Crippen LogP contribution in [0.4, 0.5) is 0 Å². The van der Waals surface area contributed by atoms with E-state index in [1.807, 2.05) is 12.1 Å². The molecule has 0 aliphatic rings. The number of isothiocyanates is 1. The third-order valence-corrected chi connectivity index (χ3v) is 1.92. The maximum Gasteiger partial charge on any atom is 0.338 e. The lowest BCUT2D eigenvalue weighted by Crippen LogP contribution is -2.04. The van der Waals surface area contributed by atoms with Crippen LogP contribution in [0.5, 0.6) is 0 Å². The first-order valence-corrected chi connectivity index (χ1v) is 4.98. The second-order valence-corrected chi connectivity index (χ2v) is 3.01. The monoisotopic (exact) mass is 221 g/mol. The summed E-state index contributed by atoms with van der Waals surface area (Å²) in [5.74, 6) is -0.303. The molecule has 0 heterocycles. The standard InChI is InChI=1S/C11H11NO2S/c1-2-14-11(13)10-5-3-9(4-6-10)7-12-8-15/h3-6H,2,7H2,1H3. The number of hydrogen-bond donors (Lipinski definition) is 0. The number of thiocarbonyl (C=S) groups is 1. The number of carbonyl (C=O) groups excluding carboxylic acids is 1. The summed E-state index contributed by atoms with van der Waals surface area (Å²) in [6, 6.07) is 7.07. The van der Waals surface area contributed by atoms with Crippen LogP contribution in [0.3, 0.4) is 0 Å². The molecule has 1 rings (SSSR count). The molecule has 0 N–H and O–H groups in total. The zero-order valence-corrected chi connectivity index (χ0v) is 9.21. The van der Waals surface area contributed by atoms with Crippen molar-refractivity contribution in [2.24, 2.45) is 4.99 Å². The van der Waals surface area contributed by atoms with E-state index >= 15 is 0 Å². The number of benzene rings is 1. The minimum Gasteiger partial charge on any atom is -0.462 e. The predicted molar refractivity (Wildman–Crippen MR) is 61.1 cm³/mol. The topological polar surface area (TPSA) is 38.7 Å². The van der Waals surface area contributed by atoms with Crippen molar-refractivity contribution in [2.45, 2.75) is 13.5 Å². The predicted octanol–water partition coefficient (Wildman–Crippen LogP) is 2.47. The fraction of sp³-hybridized carbons (Fsp3) is 0.273.